The van der Waals surface area contributed by atoms with Crippen molar-refractivity contribution in [3.8, 4) is 0 Å². The Kier molecular flexibility index (Phi) is 4.54. The van der Waals surface area contributed by atoms with Crippen LogP contribution in [0, 0.1) is 5.92 Å². The van der Waals surface area contributed by atoms with Crippen LogP contribution in [0.15, 0.2) is 24.3 Å². The number of hydrogen-bond donors (Lipinski definition) is 2. The lowest BCUT2D eigenvalue weighted by Crippen LogP contribution is -2.29. The number of aryl methyl sites for hydroxylation is 1. The molecule has 0 radical (unpaired) electrons. The van der Waals surface area contributed by atoms with Crippen LogP contribution < -0.4 is 11.3 Å². The molecule has 94 valence electrons. The Morgan fingerprint density at radius 2 is 2.18 bits per heavy atom. The Bertz CT molecular complexity index is 331. The van der Waals surface area contributed by atoms with Gasteiger partial charge in [-0.1, -0.05) is 31.2 Å². The molecule has 1 heterocycles. The van der Waals surface area contributed by atoms with Crippen LogP contribution in [-0.2, 0) is 11.2 Å². The van der Waals surface area contributed by atoms with Crippen molar-refractivity contribution in [1.29, 1.82) is 0 Å². The minimum atomic E-state index is 0.243. The molecule has 1 aromatic rings. The van der Waals surface area contributed by atoms with E-state index < -0.39 is 0 Å². The normalized spacial score (nSPS) is 21.6. The van der Waals surface area contributed by atoms with Gasteiger partial charge < -0.3 is 4.74 Å². The average Bonchev–Trinajstić information content (AvgIpc) is 2.89. The summed E-state index contributed by atoms with van der Waals surface area (Å²) >= 11 is 0. The maximum atomic E-state index is 5.66. The minimum Gasteiger partial charge on any atom is -0.381 e. The minimum absolute atomic E-state index is 0.243. The molecule has 1 fully saturated rings. The smallest absolute Gasteiger partial charge is 0.0495 e. The Hall–Kier alpha value is -0.900. The average molecular weight is 234 g/mol. The summed E-state index contributed by atoms with van der Waals surface area (Å²) in [7, 11) is 0. The fraction of sp³-hybridized carbons (Fsp3) is 0.571. The Morgan fingerprint density at radius 3 is 2.71 bits per heavy atom. The lowest BCUT2D eigenvalue weighted by Gasteiger charge is -2.19. The number of nitrogens with one attached hydrogen (secondary N) is 1. The summed E-state index contributed by atoms with van der Waals surface area (Å²) in [5, 5.41) is 0. The molecule has 0 aliphatic carbocycles. The molecule has 0 spiro atoms. The molecule has 0 bridgehead atoms. The van der Waals surface area contributed by atoms with Crippen molar-refractivity contribution in [2.45, 2.75) is 32.2 Å². The molecule has 2 unspecified atom stereocenters. The second kappa shape index (κ2) is 6.15. The fourth-order valence-electron chi connectivity index (χ4n) is 2.39. The third-order valence-electron chi connectivity index (χ3n) is 3.58. The van der Waals surface area contributed by atoms with Gasteiger partial charge in [0.1, 0.15) is 0 Å². The van der Waals surface area contributed by atoms with Gasteiger partial charge in [0, 0.05) is 19.3 Å². The number of hydrogen-bond acceptors (Lipinski definition) is 3. The molecular weight excluding hydrogens is 212 g/mol. The van der Waals surface area contributed by atoms with Crippen molar-refractivity contribution in [2.75, 3.05) is 13.2 Å². The predicted molar refractivity (Wildman–Crippen MR) is 69.4 cm³/mol. The maximum Gasteiger partial charge on any atom is 0.0495 e. The van der Waals surface area contributed by atoms with Crippen LogP contribution in [0.3, 0.4) is 0 Å². The third-order valence-corrected chi connectivity index (χ3v) is 3.58. The van der Waals surface area contributed by atoms with Crippen LogP contribution in [-0.4, -0.2) is 13.2 Å². The fourth-order valence-corrected chi connectivity index (χ4v) is 2.39. The van der Waals surface area contributed by atoms with Crippen LogP contribution in [0.2, 0.25) is 0 Å². The first-order valence-corrected chi connectivity index (χ1v) is 6.46. The van der Waals surface area contributed by atoms with Gasteiger partial charge in [0.25, 0.3) is 0 Å². The highest BCUT2D eigenvalue weighted by Crippen LogP contribution is 2.26. The number of rotatable bonds is 5. The van der Waals surface area contributed by atoms with E-state index in [0.717, 1.165) is 32.5 Å². The molecule has 2 rings (SSSR count). The van der Waals surface area contributed by atoms with Gasteiger partial charge in [-0.05, 0) is 36.3 Å². The molecule has 3 N–H and O–H groups in total. The molecule has 1 aliphatic rings. The molecule has 1 saturated heterocycles. The summed E-state index contributed by atoms with van der Waals surface area (Å²) in [6, 6.07) is 8.97. The van der Waals surface area contributed by atoms with Gasteiger partial charge in [-0.25, -0.2) is 0 Å². The van der Waals surface area contributed by atoms with Gasteiger partial charge in [-0.3, -0.25) is 11.3 Å². The van der Waals surface area contributed by atoms with Gasteiger partial charge in [0.15, 0.2) is 0 Å². The molecule has 2 atom stereocenters. The van der Waals surface area contributed by atoms with Crippen LogP contribution >= 0.6 is 0 Å². The number of benzene rings is 1. The zero-order valence-electron chi connectivity index (χ0n) is 10.5. The molecule has 17 heavy (non-hydrogen) atoms. The van der Waals surface area contributed by atoms with E-state index in [1.807, 2.05) is 0 Å². The van der Waals surface area contributed by atoms with Crippen molar-refractivity contribution in [3.05, 3.63) is 35.4 Å². The summed E-state index contributed by atoms with van der Waals surface area (Å²) in [6.45, 7) is 3.95. The number of nitrogens with two attached hydrogens (primary N) is 1. The van der Waals surface area contributed by atoms with Crippen molar-refractivity contribution < 1.29 is 4.74 Å². The zero-order chi connectivity index (χ0) is 12.1. The van der Waals surface area contributed by atoms with Gasteiger partial charge in [-0.15, -0.1) is 0 Å². The molecule has 0 aromatic heterocycles. The first-order chi connectivity index (χ1) is 8.33. The highest BCUT2D eigenvalue weighted by molar-refractivity contribution is 5.25. The first-order valence-electron chi connectivity index (χ1n) is 6.46. The van der Waals surface area contributed by atoms with Crippen LogP contribution in [0.25, 0.3) is 0 Å². The molecule has 3 nitrogen and oxygen atoms in total. The summed E-state index contributed by atoms with van der Waals surface area (Å²) in [6.07, 6.45) is 3.30. The van der Waals surface area contributed by atoms with Crippen molar-refractivity contribution in [3.63, 3.8) is 0 Å². The predicted octanol–water partition coefficient (Wildman–Crippen LogP) is 2.18. The largest absolute Gasteiger partial charge is 0.381 e. The second-order valence-electron chi connectivity index (χ2n) is 4.78. The molecular formula is C14H22N2O. The molecule has 0 saturated carbocycles. The Balaban J connectivity index is 2.00. The van der Waals surface area contributed by atoms with E-state index in [1.54, 1.807) is 0 Å². The van der Waals surface area contributed by atoms with Crippen molar-refractivity contribution in [1.82, 2.24) is 5.43 Å². The molecule has 1 aliphatic heterocycles. The van der Waals surface area contributed by atoms with Gasteiger partial charge in [-0.2, -0.15) is 0 Å². The topological polar surface area (TPSA) is 47.3 Å². The summed E-state index contributed by atoms with van der Waals surface area (Å²) in [5.41, 5.74) is 5.57. The van der Waals surface area contributed by atoms with Crippen LogP contribution in [0.1, 0.15) is 36.9 Å². The maximum absolute atomic E-state index is 5.66. The Labute approximate surface area is 103 Å². The lowest BCUT2D eigenvalue weighted by atomic mass is 9.94. The highest BCUT2D eigenvalue weighted by atomic mass is 16.5. The summed E-state index contributed by atoms with van der Waals surface area (Å²) in [5.74, 6) is 6.30. The van der Waals surface area contributed by atoms with Gasteiger partial charge in [0.2, 0.25) is 0 Å². The van der Waals surface area contributed by atoms with E-state index in [9.17, 15) is 0 Å². The van der Waals surface area contributed by atoms with Gasteiger partial charge >= 0.3 is 0 Å². The summed E-state index contributed by atoms with van der Waals surface area (Å²) in [4.78, 5) is 0. The summed E-state index contributed by atoms with van der Waals surface area (Å²) < 4.78 is 5.41. The molecule has 3 heteroatoms. The van der Waals surface area contributed by atoms with E-state index in [4.69, 9.17) is 10.6 Å². The van der Waals surface area contributed by atoms with E-state index in [1.165, 1.54) is 11.1 Å². The molecule has 1 aromatic carbocycles. The standard InChI is InChI=1S/C14H22N2O/c1-2-11-3-5-13(6-4-11)14(16-15)9-12-7-8-17-10-12/h3-6,12,14,16H,2,7-10,15H2,1H3. The van der Waals surface area contributed by atoms with Crippen LogP contribution in [0.5, 0.6) is 0 Å². The molecule has 0 amide bonds. The van der Waals surface area contributed by atoms with E-state index in [0.29, 0.717) is 5.92 Å². The highest BCUT2D eigenvalue weighted by Gasteiger charge is 2.21. The number of ether oxygens (including phenoxy) is 1. The van der Waals surface area contributed by atoms with Crippen molar-refractivity contribution >= 4 is 0 Å². The van der Waals surface area contributed by atoms with E-state index in [-0.39, 0.29) is 6.04 Å². The quantitative estimate of drug-likeness (QED) is 0.606. The SMILES string of the molecule is CCc1ccc(C(CC2CCOC2)NN)cc1. The lowest BCUT2D eigenvalue weighted by molar-refractivity contribution is 0.181. The van der Waals surface area contributed by atoms with E-state index in [2.05, 4.69) is 36.6 Å². The first kappa shape index (κ1) is 12.6. The van der Waals surface area contributed by atoms with Gasteiger partial charge in [0.05, 0.1) is 0 Å². The third kappa shape index (κ3) is 3.28. The van der Waals surface area contributed by atoms with Crippen molar-refractivity contribution in [2.24, 2.45) is 11.8 Å². The Morgan fingerprint density at radius 1 is 1.41 bits per heavy atom. The zero-order valence-corrected chi connectivity index (χ0v) is 10.5. The van der Waals surface area contributed by atoms with E-state index >= 15 is 0 Å². The van der Waals surface area contributed by atoms with Crippen LogP contribution in [0.4, 0.5) is 0 Å². The monoisotopic (exact) mass is 234 g/mol. The number of hydrazine groups is 1. The second-order valence-corrected chi connectivity index (χ2v) is 4.78.